The number of urea groups is 1. The molecule has 3 aromatic rings. The zero-order valence-electron chi connectivity index (χ0n) is 17.5. The summed E-state index contributed by atoms with van der Waals surface area (Å²) in [7, 11) is 0. The number of hydrogen-bond acceptors (Lipinski definition) is 4. The Morgan fingerprint density at radius 2 is 1.43 bits per heavy atom. The minimum Gasteiger partial charge on any atom is -0.383 e. The minimum absolute atomic E-state index is 0.183. The molecule has 2 aromatic carbocycles. The number of carbonyl (C=O) groups is 2. The van der Waals surface area contributed by atoms with E-state index in [2.05, 4.69) is 15.7 Å². The number of aryl methyl sites for hydroxylation is 1. The van der Waals surface area contributed by atoms with Crippen molar-refractivity contribution in [3.63, 3.8) is 0 Å². The van der Waals surface area contributed by atoms with Crippen molar-refractivity contribution in [1.29, 1.82) is 0 Å². The van der Waals surface area contributed by atoms with Gasteiger partial charge in [0.05, 0.1) is 5.54 Å². The normalized spacial score (nSPS) is 11.2. The van der Waals surface area contributed by atoms with Crippen molar-refractivity contribution in [3.8, 4) is 11.3 Å². The van der Waals surface area contributed by atoms with Crippen molar-refractivity contribution in [1.82, 2.24) is 9.78 Å². The number of nitrogens with zero attached hydrogens (tertiary/aromatic N) is 2. The molecule has 0 atom stereocenters. The Bertz CT molecular complexity index is 1080. The van der Waals surface area contributed by atoms with Gasteiger partial charge in [-0.1, -0.05) is 29.8 Å². The highest BCUT2D eigenvalue weighted by molar-refractivity contribution is 6.03. The monoisotopic (exact) mass is 406 g/mol. The van der Waals surface area contributed by atoms with Crippen molar-refractivity contribution in [2.24, 2.45) is 5.73 Å². The van der Waals surface area contributed by atoms with Crippen LogP contribution >= 0.6 is 0 Å². The number of aromatic nitrogens is 2. The van der Waals surface area contributed by atoms with Gasteiger partial charge in [0.2, 0.25) is 0 Å². The number of rotatable bonds is 4. The Balaban J connectivity index is 1.81. The van der Waals surface area contributed by atoms with Crippen LogP contribution < -0.4 is 22.1 Å². The smallest absolute Gasteiger partial charge is 0.323 e. The lowest BCUT2D eigenvalue weighted by atomic mass is 10.1. The van der Waals surface area contributed by atoms with Gasteiger partial charge in [-0.15, -0.1) is 0 Å². The van der Waals surface area contributed by atoms with Crippen LogP contribution in [0.3, 0.4) is 0 Å². The average Bonchev–Trinajstić information content (AvgIpc) is 3.02. The summed E-state index contributed by atoms with van der Waals surface area (Å²) in [5.41, 5.74) is 14.9. The highest BCUT2D eigenvalue weighted by atomic mass is 16.2. The molecule has 0 saturated heterocycles. The molecule has 8 heteroatoms. The zero-order valence-corrected chi connectivity index (χ0v) is 17.5. The van der Waals surface area contributed by atoms with E-state index in [9.17, 15) is 9.59 Å². The highest BCUT2D eigenvalue weighted by Crippen LogP contribution is 2.31. The summed E-state index contributed by atoms with van der Waals surface area (Å²) in [6.45, 7) is 7.78. The quantitative estimate of drug-likeness (QED) is 0.523. The first-order chi connectivity index (χ1) is 14.1. The van der Waals surface area contributed by atoms with Crippen LogP contribution in [0.25, 0.3) is 11.3 Å². The van der Waals surface area contributed by atoms with Gasteiger partial charge in [0.1, 0.15) is 17.1 Å². The maximum Gasteiger partial charge on any atom is 0.323 e. The molecule has 0 spiro atoms. The Kier molecular flexibility index (Phi) is 5.51. The van der Waals surface area contributed by atoms with Crippen molar-refractivity contribution in [3.05, 3.63) is 59.7 Å². The van der Waals surface area contributed by atoms with Crippen LogP contribution in [0.2, 0.25) is 0 Å². The molecular formula is C22H26N6O2. The largest absolute Gasteiger partial charge is 0.383 e. The number of nitrogens with two attached hydrogens (primary N) is 2. The molecule has 156 valence electrons. The van der Waals surface area contributed by atoms with E-state index >= 15 is 0 Å². The van der Waals surface area contributed by atoms with E-state index in [1.54, 1.807) is 28.9 Å². The molecule has 0 aliphatic carbocycles. The van der Waals surface area contributed by atoms with Crippen molar-refractivity contribution in [2.75, 3.05) is 16.4 Å². The van der Waals surface area contributed by atoms with Gasteiger partial charge in [0.25, 0.3) is 5.91 Å². The molecule has 0 aliphatic heterocycles. The predicted molar refractivity (Wildman–Crippen MR) is 119 cm³/mol. The van der Waals surface area contributed by atoms with Crippen LogP contribution in [0, 0.1) is 6.92 Å². The number of carbonyl (C=O) groups excluding carboxylic acids is 2. The summed E-state index contributed by atoms with van der Waals surface area (Å²) in [4.78, 5) is 24.2. The van der Waals surface area contributed by atoms with Crippen LogP contribution in [0.1, 0.15) is 36.7 Å². The topological polar surface area (TPSA) is 128 Å². The number of benzene rings is 2. The van der Waals surface area contributed by atoms with Gasteiger partial charge < -0.3 is 22.1 Å². The number of nitrogens with one attached hydrogen (secondary N) is 2. The molecule has 0 fully saturated rings. The van der Waals surface area contributed by atoms with E-state index in [0.29, 0.717) is 22.6 Å². The third-order valence-corrected chi connectivity index (χ3v) is 4.53. The second-order valence-electron chi connectivity index (χ2n) is 8.08. The first-order valence-corrected chi connectivity index (χ1v) is 9.50. The van der Waals surface area contributed by atoms with E-state index in [0.717, 1.165) is 5.56 Å². The van der Waals surface area contributed by atoms with Crippen molar-refractivity contribution < 1.29 is 9.59 Å². The third-order valence-electron chi connectivity index (χ3n) is 4.53. The van der Waals surface area contributed by atoms with E-state index in [4.69, 9.17) is 11.5 Å². The molecule has 8 nitrogen and oxygen atoms in total. The lowest BCUT2D eigenvalue weighted by Gasteiger charge is -2.20. The van der Waals surface area contributed by atoms with E-state index in [-0.39, 0.29) is 17.4 Å². The molecule has 0 aliphatic rings. The Morgan fingerprint density at radius 3 is 1.90 bits per heavy atom. The number of nitrogen functional groups attached to an aromatic ring is 1. The highest BCUT2D eigenvalue weighted by Gasteiger charge is 2.26. The summed E-state index contributed by atoms with van der Waals surface area (Å²) in [6.07, 6.45) is 0. The molecule has 3 amide bonds. The zero-order chi connectivity index (χ0) is 22.1. The summed E-state index contributed by atoms with van der Waals surface area (Å²) in [6, 6.07) is 14.1. The van der Waals surface area contributed by atoms with Crippen LogP contribution in [-0.2, 0) is 5.54 Å². The second-order valence-corrected chi connectivity index (χ2v) is 8.08. The lowest BCUT2D eigenvalue weighted by Crippen LogP contribution is -2.25. The maximum absolute atomic E-state index is 12.2. The number of hydrogen-bond donors (Lipinski definition) is 4. The number of primary amides is 1. The Labute approximate surface area is 175 Å². The summed E-state index contributed by atoms with van der Waals surface area (Å²) in [5.74, 6) is -0.414. The fraction of sp³-hybridized carbons (Fsp3) is 0.227. The maximum atomic E-state index is 12.2. The minimum atomic E-state index is -0.641. The Morgan fingerprint density at radius 1 is 0.933 bits per heavy atom. The number of amides is 3. The molecule has 0 bridgehead atoms. The Hall–Kier alpha value is -3.81. The molecule has 30 heavy (non-hydrogen) atoms. The van der Waals surface area contributed by atoms with Gasteiger partial charge in [-0.3, -0.25) is 4.79 Å². The molecule has 0 radical (unpaired) electrons. The van der Waals surface area contributed by atoms with Gasteiger partial charge in [-0.2, -0.15) is 5.10 Å². The third kappa shape index (κ3) is 4.43. The molecule has 3 rings (SSSR count). The van der Waals surface area contributed by atoms with Gasteiger partial charge in [0, 0.05) is 16.9 Å². The van der Waals surface area contributed by atoms with Crippen molar-refractivity contribution in [2.45, 2.75) is 33.2 Å². The van der Waals surface area contributed by atoms with Crippen LogP contribution in [0.4, 0.5) is 22.0 Å². The van der Waals surface area contributed by atoms with Crippen LogP contribution in [0.5, 0.6) is 0 Å². The fourth-order valence-corrected chi connectivity index (χ4v) is 3.03. The molecule has 1 heterocycles. The molecule has 1 aromatic heterocycles. The lowest BCUT2D eigenvalue weighted by molar-refractivity contribution is 0.100. The van der Waals surface area contributed by atoms with E-state index in [1.165, 1.54) is 0 Å². The fourth-order valence-electron chi connectivity index (χ4n) is 3.03. The van der Waals surface area contributed by atoms with Gasteiger partial charge in [-0.25, -0.2) is 9.48 Å². The van der Waals surface area contributed by atoms with E-state index in [1.807, 2.05) is 52.0 Å². The molecule has 0 saturated carbocycles. The SMILES string of the molecule is Cc1ccc(NC(=O)Nc2ccc(-c3nn(C(C)(C)C)c(N)c3C(N)=O)cc2)cc1. The summed E-state index contributed by atoms with van der Waals surface area (Å²) in [5, 5.41) is 10.1. The first kappa shape index (κ1) is 20.9. The van der Waals surface area contributed by atoms with Gasteiger partial charge >= 0.3 is 6.03 Å². The standard InChI is InChI=1S/C22H26N6O2/c1-13-5-9-15(10-6-13)25-21(30)26-16-11-7-14(8-12-16)18-17(20(24)29)19(23)28(27-18)22(2,3)4/h5-12H,23H2,1-4H3,(H2,24,29)(H2,25,26,30). The predicted octanol–water partition coefficient (Wildman–Crippen LogP) is 3.94. The van der Waals surface area contributed by atoms with Crippen LogP contribution in [0.15, 0.2) is 48.5 Å². The average molecular weight is 406 g/mol. The first-order valence-electron chi connectivity index (χ1n) is 9.50. The van der Waals surface area contributed by atoms with Crippen LogP contribution in [-0.4, -0.2) is 21.7 Å². The van der Waals surface area contributed by atoms with Crippen molar-refractivity contribution >= 4 is 29.1 Å². The second kappa shape index (κ2) is 7.90. The summed E-state index contributed by atoms with van der Waals surface area (Å²) >= 11 is 0. The van der Waals surface area contributed by atoms with Gasteiger partial charge in [-0.05, 0) is 52.0 Å². The number of anilines is 3. The van der Waals surface area contributed by atoms with Gasteiger partial charge in [0.15, 0.2) is 0 Å². The molecular weight excluding hydrogens is 380 g/mol. The molecule has 6 N–H and O–H groups in total. The van der Waals surface area contributed by atoms with E-state index < -0.39 is 11.4 Å². The molecule has 0 unspecified atom stereocenters. The summed E-state index contributed by atoms with van der Waals surface area (Å²) < 4.78 is 1.59.